The molecule has 2 N–H and O–H groups in total. The summed E-state index contributed by atoms with van der Waals surface area (Å²) in [6, 6.07) is 11.2. The standard InChI is InChI=1S/C52H51F7N8O7S2/c1-28-44(76-27-63-28)30-11-9-29(10-12-30)24-62-46(69)38-8-7-15-65(38)47(70)45(50(2,3)4)64-39(68)26-73-17-16-72-18-19-74-43-35(54)20-32(21-36(43)55)42-34(53)22-33(25-61-42)67-49(75)66(48(71)51(67,5)6)37-14-13-31(23-60)40(41(37)56)52(57,58)59/h9-14,20-22,25,27,38,45H,7-8,15-19,24,26H2,1-6H3,(H,62,69)(H,64,68). The Morgan fingerprint density at radius 3 is 2.22 bits per heavy atom. The highest BCUT2D eigenvalue weighted by Gasteiger charge is 2.52. The fourth-order valence-corrected chi connectivity index (χ4v) is 10.0. The number of likely N-dealkylation sites (tertiary alicyclic amines) is 1. The van der Waals surface area contributed by atoms with E-state index in [1.165, 1.54) is 24.8 Å². The minimum Gasteiger partial charge on any atom is -0.485 e. The number of nitrogens with one attached hydrogen (secondary N) is 2. The van der Waals surface area contributed by atoms with Crippen LogP contribution in [-0.4, -0.2) is 101 Å². The van der Waals surface area contributed by atoms with Gasteiger partial charge in [-0.1, -0.05) is 45.0 Å². The van der Waals surface area contributed by atoms with Crippen molar-refractivity contribution in [2.24, 2.45) is 5.41 Å². The molecule has 4 heterocycles. The molecule has 2 saturated heterocycles. The number of alkyl halides is 3. The van der Waals surface area contributed by atoms with E-state index in [2.05, 4.69) is 20.6 Å². The number of carbonyl (C=O) groups excluding carboxylic acids is 4. The van der Waals surface area contributed by atoms with Crippen molar-refractivity contribution >= 4 is 63.7 Å². The van der Waals surface area contributed by atoms with Gasteiger partial charge in [0.1, 0.15) is 42.1 Å². The Morgan fingerprint density at radius 2 is 1.61 bits per heavy atom. The lowest BCUT2D eigenvalue weighted by Crippen LogP contribution is -2.58. The lowest BCUT2D eigenvalue weighted by Gasteiger charge is -2.35. The molecule has 0 aliphatic carbocycles. The van der Waals surface area contributed by atoms with Crippen molar-refractivity contribution in [2.75, 3.05) is 49.4 Å². The van der Waals surface area contributed by atoms with E-state index < -0.39 is 110 Å². The van der Waals surface area contributed by atoms with E-state index in [4.69, 9.17) is 31.7 Å². The summed E-state index contributed by atoms with van der Waals surface area (Å²) in [5.41, 5.74) is -2.75. The SMILES string of the molecule is Cc1ncsc1-c1ccc(CNC(=O)C2CCCN2C(=O)C(NC(=O)COCCOCCOc2c(F)cc(-c3ncc(N4C(=S)N(c5ccc(C#N)c(C(F)(F)F)c5F)C(=O)C4(C)C)cc3F)cc2F)C(C)(C)C)cc1. The number of aryl methyl sites for hydroxylation is 1. The maximum Gasteiger partial charge on any atom is 0.420 e. The Morgan fingerprint density at radius 1 is 0.934 bits per heavy atom. The lowest BCUT2D eigenvalue weighted by atomic mass is 9.85. The molecular weight excluding hydrogens is 1050 g/mol. The van der Waals surface area contributed by atoms with Gasteiger partial charge < -0.3 is 34.6 Å². The van der Waals surface area contributed by atoms with E-state index in [0.717, 1.165) is 57.1 Å². The summed E-state index contributed by atoms with van der Waals surface area (Å²) in [4.78, 5) is 66.3. The predicted octanol–water partition coefficient (Wildman–Crippen LogP) is 8.79. The molecule has 2 unspecified atom stereocenters. The van der Waals surface area contributed by atoms with Gasteiger partial charge >= 0.3 is 6.18 Å². The van der Waals surface area contributed by atoms with Gasteiger partial charge in [0.05, 0.1) is 65.1 Å². The van der Waals surface area contributed by atoms with Gasteiger partial charge in [0.15, 0.2) is 34.1 Å². The Balaban J connectivity index is 0.863. The van der Waals surface area contributed by atoms with Crippen LogP contribution in [0.25, 0.3) is 21.7 Å². The quantitative estimate of drug-likeness (QED) is 0.0485. The van der Waals surface area contributed by atoms with Gasteiger partial charge in [-0.25, -0.2) is 22.5 Å². The predicted molar refractivity (Wildman–Crippen MR) is 270 cm³/mol. The molecule has 0 saturated carbocycles. The molecule has 15 nitrogen and oxygen atoms in total. The number of hydrogen-bond acceptors (Lipinski definition) is 12. The van der Waals surface area contributed by atoms with Crippen LogP contribution in [-0.2, 0) is 41.4 Å². The number of anilines is 2. The molecule has 2 atom stereocenters. The highest BCUT2D eigenvalue weighted by atomic mass is 32.1. The smallest absolute Gasteiger partial charge is 0.420 e. The van der Waals surface area contributed by atoms with Gasteiger partial charge in [-0.2, -0.15) is 18.4 Å². The number of nitrogens with zero attached hydrogens (tertiary/aromatic N) is 6. The number of thiocarbonyl (C=S) groups is 1. The molecule has 24 heteroatoms. The molecular formula is C52H51F7N8O7S2. The highest BCUT2D eigenvalue weighted by molar-refractivity contribution is 7.81. The lowest BCUT2D eigenvalue weighted by molar-refractivity contribution is -0.144. The van der Waals surface area contributed by atoms with E-state index in [1.807, 2.05) is 31.2 Å². The van der Waals surface area contributed by atoms with Gasteiger partial charge in [-0.15, -0.1) is 11.3 Å². The topological polar surface area (TPSA) is 179 Å². The number of amides is 4. The first-order chi connectivity index (χ1) is 35.8. The van der Waals surface area contributed by atoms with Gasteiger partial charge in [-0.05, 0) is 86.6 Å². The molecule has 0 bridgehead atoms. The van der Waals surface area contributed by atoms with Gasteiger partial charge in [0.2, 0.25) is 17.7 Å². The zero-order chi connectivity index (χ0) is 55.4. The van der Waals surface area contributed by atoms with E-state index in [-0.39, 0.29) is 50.1 Å². The molecule has 76 heavy (non-hydrogen) atoms. The average molecular weight is 1100 g/mol. The molecule has 2 aliphatic heterocycles. The number of nitriles is 1. The van der Waals surface area contributed by atoms with Crippen molar-refractivity contribution < 1.29 is 64.1 Å². The maximum absolute atomic E-state index is 15.7. The third-order valence-electron chi connectivity index (χ3n) is 12.6. The Bertz CT molecular complexity index is 3070. The number of carbonyl (C=O) groups is 4. The summed E-state index contributed by atoms with van der Waals surface area (Å²) in [6.07, 6.45) is -3.23. The molecule has 0 radical (unpaired) electrons. The second-order valence-corrected chi connectivity index (χ2v) is 20.5. The molecule has 2 aliphatic rings. The van der Waals surface area contributed by atoms with Crippen LogP contribution in [0.15, 0.2) is 66.3 Å². The summed E-state index contributed by atoms with van der Waals surface area (Å²) in [5.74, 6) is -8.60. The zero-order valence-electron chi connectivity index (χ0n) is 41.9. The van der Waals surface area contributed by atoms with Crippen LogP contribution >= 0.6 is 23.6 Å². The summed E-state index contributed by atoms with van der Waals surface area (Å²) < 4.78 is 119. The van der Waals surface area contributed by atoms with Crippen LogP contribution in [0, 0.1) is 46.9 Å². The molecule has 4 amide bonds. The number of hydrogen-bond donors (Lipinski definition) is 2. The Hall–Kier alpha value is -7.07. The number of ether oxygens (including phenoxy) is 3. The Kier molecular flexibility index (Phi) is 17.2. The number of benzene rings is 3. The first-order valence-corrected chi connectivity index (χ1v) is 24.9. The van der Waals surface area contributed by atoms with Gasteiger partial charge in [0.25, 0.3) is 5.91 Å². The number of pyridine rings is 1. The van der Waals surface area contributed by atoms with E-state index in [1.54, 1.807) is 37.6 Å². The van der Waals surface area contributed by atoms with Crippen LogP contribution in [0.3, 0.4) is 0 Å². The van der Waals surface area contributed by atoms with E-state index >= 15 is 17.6 Å². The first-order valence-electron chi connectivity index (χ1n) is 23.6. The third-order valence-corrected chi connectivity index (χ3v) is 13.9. The molecule has 402 valence electrons. The second kappa shape index (κ2) is 23.0. The van der Waals surface area contributed by atoms with Crippen LogP contribution in [0.1, 0.15) is 69.8 Å². The summed E-state index contributed by atoms with van der Waals surface area (Å²) in [5, 5.41) is 14.3. The Labute approximate surface area is 441 Å². The van der Waals surface area contributed by atoms with Crippen LogP contribution in [0.4, 0.5) is 42.1 Å². The molecule has 2 aromatic heterocycles. The minimum absolute atomic E-state index is 0.0551. The molecule has 5 aromatic rings. The fourth-order valence-electron chi connectivity index (χ4n) is 8.71. The second-order valence-electron chi connectivity index (χ2n) is 19.3. The van der Waals surface area contributed by atoms with Crippen LogP contribution in [0.5, 0.6) is 5.75 Å². The van der Waals surface area contributed by atoms with Gasteiger partial charge in [0, 0.05) is 24.7 Å². The van der Waals surface area contributed by atoms with Crippen molar-refractivity contribution in [3.8, 4) is 33.5 Å². The minimum atomic E-state index is -5.31. The van der Waals surface area contributed by atoms with Crippen molar-refractivity contribution in [3.63, 3.8) is 0 Å². The maximum atomic E-state index is 15.7. The number of halogens is 7. The van der Waals surface area contributed by atoms with Crippen LogP contribution < -0.4 is 25.2 Å². The third kappa shape index (κ3) is 12.1. The van der Waals surface area contributed by atoms with Crippen LogP contribution in [0.2, 0.25) is 0 Å². The fraction of sp³-hybridized carbons (Fsp3) is 0.385. The molecule has 7 rings (SSSR count). The normalized spacial score (nSPS) is 16.0. The molecule has 2 fully saturated rings. The molecule has 0 spiro atoms. The van der Waals surface area contributed by atoms with E-state index in [9.17, 15) is 32.3 Å². The summed E-state index contributed by atoms with van der Waals surface area (Å²) >= 11 is 6.94. The van der Waals surface area contributed by atoms with Crippen molar-refractivity contribution in [1.29, 1.82) is 5.26 Å². The highest BCUT2D eigenvalue weighted by Crippen LogP contribution is 2.43. The number of aromatic nitrogens is 2. The first kappa shape index (κ1) is 56.7. The van der Waals surface area contributed by atoms with E-state index in [0.29, 0.717) is 30.4 Å². The van der Waals surface area contributed by atoms with Crippen molar-refractivity contribution in [3.05, 3.63) is 112 Å². The summed E-state index contributed by atoms with van der Waals surface area (Å²) in [6.45, 7) is 9.46. The molecule has 3 aromatic carbocycles. The van der Waals surface area contributed by atoms with Gasteiger partial charge in [-0.3, -0.25) is 29.1 Å². The van der Waals surface area contributed by atoms with Crippen molar-refractivity contribution in [1.82, 2.24) is 25.5 Å². The largest absolute Gasteiger partial charge is 0.485 e. The monoisotopic (exact) mass is 1100 g/mol. The summed E-state index contributed by atoms with van der Waals surface area (Å²) in [7, 11) is 0. The average Bonchev–Trinajstić information content (AvgIpc) is 4.12. The zero-order valence-corrected chi connectivity index (χ0v) is 43.5. The number of thiazole rings is 1. The van der Waals surface area contributed by atoms with Crippen molar-refractivity contribution in [2.45, 2.75) is 84.7 Å². The number of rotatable bonds is 18.